The van der Waals surface area contributed by atoms with Crippen LogP contribution in [0.5, 0.6) is 0 Å². The first kappa shape index (κ1) is 15.0. The van der Waals surface area contributed by atoms with Gasteiger partial charge in [0.15, 0.2) is 0 Å². The number of hydrogen-bond acceptors (Lipinski definition) is 4. The van der Waals surface area contributed by atoms with Crippen molar-refractivity contribution in [3.8, 4) is 0 Å². The summed E-state index contributed by atoms with van der Waals surface area (Å²) in [5.74, 6) is -1.12. The second kappa shape index (κ2) is 5.68. The number of amides is 2. The minimum atomic E-state index is -0.418. The van der Waals surface area contributed by atoms with Gasteiger partial charge >= 0.3 is 5.97 Å². The maximum atomic E-state index is 12.5. The first-order valence-corrected chi connectivity index (χ1v) is 7.30. The van der Waals surface area contributed by atoms with Crippen LogP contribution in [0.25, 0.3) is 0 Å². The van der Waals surface area contributed by atoms with Gasteiger partial charge in [-0.1, -0.05) is 12.1 Å². The zero-order chi connectivity index (χ0) is 16.6. The average molecular weight is 309 g/mol. The number of esters is 1. The number of imide groups is 1. The van der Waals surface area contributed by atoms with Crippen molar-refractivity contribution in [1.29, 1.82) is 0 Å². The molecule has 23 heavy (non-hydrogen) atoms. The molecule has 0 saturated carbocycles. The molecule has 116 valence electrons. The van der Waals surface area contributed by atoms with E-state index in [1.165, 1.54) is 0 Å². The number of ether oxygens (including phenoxy) is 1. The van der Waals surface area contributed by atoms with E-state index in [0.717, 1.165) is 4.90 Å². The number of aryl methyl sites for hydroxylation is 1. The van der Waals surface area contributed by atoms with Gasteiger partial charge in [0.2, 0.25) is 0 Å². The van der Waals surface area contributed by atoms with Crippen LogP contribution in [0.3, 0.4) is 0 Å². The highest BCUT2D eigenvalue weighted by atomic mass is 16.5. The third kappa shape index (κ3) is 2.40. The molecule has 0 fully saturated rings. The molecule has 0 saturated heterocycles. The Kier molecular flexibility index (Phi) is 3.70. The van der Waals surface area contributed by atoms with Gasteiger partial charge in [0.1, 0.15) is 0 Å². The number of fused-ring (bicyclic) bond motifs is 1. The summed E-state index contributed by atoms with van der Waals surface area (Å²) in [6, 6.07) is 11.5. The lowest BCUT2D eigenvalue weighted by Crippen LogP contribution is -2.29. The molecule has 1 heterocycles. The fraction of sp³-hybridized carbons (Fsp3) is 0.167. The van der Waals surface area contributed by atoms with Crippen LogP contribution in [0.4, 0.5) is 5.69 Å². The quantitative estimate of drug-likeness (QED) is 0.646. The van der Waals surface area contributed by atoms with Crippen LogP contribution in [0.1, 0.15) is 43.6 Å². The van der Waals surface area contributed by atoms with Crippen LogP contribution < -0.4 is 4.90 Å². The van der Waals surface area contributed by atoms with Crippen molar-refractivity contribution < 1.29 is 19.1 Å². The van der Waals surface area contributed by atoms with Gasteiger partial charge in [-0.2, -0.15) is 0 Å². The van der Waals surface area contributed by atoms with Crippen molar-refractivity contribution in [3.05, 3.63) is 64.7 Å². The Morgan fingerprint density at radius 1 is 1.04 bits per heavy atom. The van der Waals surface area contributed by atoms with E-state index in [-0.39, 0.29) is 11.8 Å². The van der Waals surface area contributed by atoms with E-state index in [0.29, 0.717) is 34.5 Å². The first-order chi connectivity index (χ1) is 11.0. The van der Waals surface area contributed by atoms with Crippen LogP contribution in [0, 0.1) is 6.92 Å². The number of carbonyl (C=O) groups excluding carboxylic acids is 3. The van der Waals surface area contributed by atoms with E-state index in [2.05, 4.69) is 0 Å². The molecule has 0 aliphatic carbocycles. The molecule has 0 spiro atoms. The van der Waals surface area contributed by atoms with Crippen LogP contribution in [0.15, 0.2) is 42.5 Å². The largest absolute Gasteiger partial charge is 0.462 e. The summed E-state index contributed by atoms with van der Waals surface area (Å²) < 4.78 is 4.98. The molecule has 0 radical (unpaired) electrons. The third-order valence-electron chi connectivity index (χ3n) is 3.76. The molecule has 5 nitrogen and oxygen atoms in total. The highest BCUT2D eigenvalue weighted by Gasteiger charge is 2.36. The fourth-order valence-corrected chi connectivity index (χ4v) is 2.65. The molecule has 2 amide bonds. The van der Waals surface area contributed by atoms with Gasteiger partial charge in [-0.05, 0) is 49.7 Å². The minimum absolute atomic E-state index is 0.290. The molecule has 0 bridgehead atoms. The van der Waals surface area contributed by atoms with Crippen LogP contribution in [-0.2, 0) is 4.74 Å². The topological polar surface area (TPSA) is 63.7 Å². The highest BCUT2D eigenvalue weighted by molar-refractivity contribution is 6.34. The van der Waals surface area contributed by atoms with E-state index >= 15 is 0 Å². The zero-order valence-electron chi connectivity index (χ0n) is 12.8. The van der Waals surface area contributed by atoms with Gasteiger partial charge in [-0.3, -0.25) is 9.59 Å². The van der Waals surface area contributed by atoms with Crippen molar-refractivity contribution in [2.75, 3.05) is 11.5 Å². The summed E-state index contributed by atoms with van der Waals surface area (Å²) in [5, 5.41) is 0. The second-order valence-corrected chi connectivity index (χ2v) is 5.21. The Morgan fingerprint density at radius 2 is 1.65 bits per heavy atom. The molecule has 3 rings (SSSR count). The van der Waals surface area contributed by atoms with Gasteiger partial charge in [0.05, 0.1) is 29.0 Å². The van der Waals surface area contributed by atoms with Crippen LogP contribution >= 0.6 is 0 Å². The molecule has 5 heteroatoms. The molecular weight excluding hydrogens is 294 g/mol. The number of carbonyl (C=O) groups is 3. The second-order valence-electron chi connectivity index (χ2n) is 5.21. The average Bonchev–Trinajstić information content (AvgIpc) is 2.79. The number of nitrogens with zero attached hydrogens (tertiary/aromatic N) is 1. The molecule has 0 aromatic heterocycles. The van der Waals surface area contributed by atoms with Gasteiger partial charge in [0.25, 0.3) is 11.8 Å². The van der Waals surface area contributed by atoms with Crippen molar-refractivity contribution in [1.82, 2.24) is 0 Å². The lowest BCUT2D eigenvalue weighted by Gasteiger charge is -2.15. The summed E-state index contributed by atoms with van der Waals surface area (Å²) in [4.78, 5) is 37.9. The maximum absolute atomic E-state index is 12.5. The van der Waals surface area contributed by atoms with E-state index < -0.39 is 5.97 Å². The van der Waals surface area contributed by atoms with Crippen molar-refractivity contribution in [2.24, 2.45) is 0 Å². The minimum Gasteiger partial charge on any atom is -0.462 e. The standard InChI is InChI=1S/C18H15NO4/c1-3-23-18(22)13-9-8-12(10-11(13)2)19-16(20)14-6-4-5-7-15(14)17(19)21/h4-10H,3H2,1-2H3. The van der Waals surface area contributed by atoms with Gasteiger partial charge < -0.3 is 4.74 Å². The molecule has 1 aliphatic heterocycles. The van der Waals surface area contributed by atoms with E-state index in [9.17, 15) is 14.4 Å². The molecule has 0 N–H and O–H groups in total. The van der Waals surface area contributed by atoms with Crippen molar-refractivity contribution >= 4 is 23.5 Å². The van der Waals surface area contributed by atoms with Gasteiger partial charge in [0, 0.05) is 0 Å². The summed E-state index contributed by atoms with van der Waals surface area (Å²) in [5.41, 5.74) is 2.31. The van der Waals surface area contributed by atoms with Crippen molar-refractivity contribution in [2.45, 2.75) is 13.8 Å². The van der Waals surface area contributed by atoms with Crippen LogP contribution in [-0.4, -0.2) is 24.4 Å². The Labute approximate surface area is 133 Å². The highest BCUT2D eigenvalue weighted by Crippen LogP contribution is 2.29. The summed E-state index contributed by atoms with van der Waals surface area (Å²) >= 11 is 0. The Morgan fingerprint density at radius 3 is 2.17 bits per heavy atom. The van der Waals surface area contributed by atoms with E-state index in [4.69, 9.17) is 4.74 Å². The molecule has 0 unspecified atom stereocenters. The molecular formula is C18H15NO4. The molecule has 2 aromatic rings. The van der Waals surface area contributed by atoms with Gasteiger partial charge in [-0.15, -0.1) is 0 Å². The lowest BCUT2D eigenvalue weighted by atomic mass is 10.1. The number of hydrogen-bond donors (Lipinski definition) is 0. The van der Waals surface area contributed by atoms with Crippen molar-refractivity contribution in [3.63, 3.8) is 0 Å². The predicted molar refractivity (Wildman–Crippen MR) is 84.7 cm³/mol. The normalized spacial score (nSPS) is 13.2. The third-order valence-corrected chi connectivity index (χ3v) is 3.76. The lowest BCUT2D eigenvalue weighted by molar-refractivity contribution is 0.0525. The fourth-order valence-electron chi connectivity index (χ4n) is 2.65. The molecule has 1 aliphatic rings. The zero-order valence-corrected chi connectivity index (χ0v) is 12.8. The Bertz CT molecular complexity index is 791. The van der Waals surface area contributed by atoms with E-state index in [1.807, 2.05) is 0 Å². The monoisotopic (exact) mass is 309 g/mol. The first-order valence-electron chi connectivity index (χ1n) is 7.30. The number of benzene rings is 2. The number of anilines is 1. The van der Waals surface area contributed by atoms with E-state index in [1.54, 1.807) is 56.3 Å². The smallest absolute Gasteiger partial charge is 0.338 e. The molecule has 0 atom stereocenters. The van der Waals surface area contributed by atoms with Crippen LogP contribution in [0.2, 0.25) is 0 Å². The Hall–Kier alpha value is -2.95. The number of rotatable bonds is 3. The maximum Gasteiger partial charge on any atom is 0.338 e. The predicted octanol–water partition coefficient (Wildman–Crippen LogP) is 2.97. The van der Waals surface area contributed by atoms with Gasteiger partial charge in [-0.25, -0.2) is 9.69 Å². The molecule has 2 aromatic carbocycles. The summed E-state index contributed by atoms with van der Waals surface area (Å²) in [7, 11) is 0. The summed E-state index contributed by atoms with van der Waals surface area (Å²) in [6.07, 6.45) is 0. The SMILES string of the molecule is CCOC(=O)c1ccc(N2C(=O)c3ccccc3C2=O)cc1C. The Balaban J connectivity index is 1.98. The summed E-state index contributed by atoms with van der Waals surface area (Å²) in [6.45, 7) is 3.77.